The molecule has 1 aliphatic heterocycles. The highest BCUT2D eigenvalue weighted by Crippen LogP contribution is 2.33. The summed E-state index contributed by atoms with van der Waals surface area (Å²) in [6, 6.07) is 13.6. The van der Waals surface area contributed by atoms with E-state index in [4.69, 9.17) is 21.7 Å². The van der Waals surface area contributed by atoms with Gasteiger partial charge >= 0.3 is 0 Å². The topological polar surface area (TPSA) is 38.8 Å². The summed E-state index contributed by atoms with van der Waals surface area (Å²) < 4.78 is 12.2. The van der Waals surface area contributed by atoms with E-state index in [1.54, 1.807) is 19.1 Å². The highest BCUT2D eigenvalue weighted by Gasteiger charge is 2.31. The van der Waals surface area contributed by atoms with E-state index < -0.39 is 0 Å². The molecule has 0 bridgehead atoms. The van der Waals surface area contributed by atoms with E-state index in [1.165, 1.54) is 11.8 Å². The smallest absolute Gasteiger partial charge is 0.266 e. The van der Waals surface area contributed by atoms with E-state index in [2.05, 4.69) is 15.9 Å². The largest absolute Gasteiger partial charge is 0.493 e. The van der Waals surface area contributed by atoms with Gasteiger partial charge in [0.25, 0.3) is 5.91 Å². The molecule has 1 heterocycles. The fraction of sp³-hybridized carbons (Fsp3) is 0.200. The van der Waals surface area contributed by atoms with Crippen LogP contribution in [0.15, 0.2) is 51.8 Å². The van der Waals surface area contributed by atoms with E-state index in [0.717, 1.165) is 15.6 Å². The van der Waals surface area contributed by atoms with Gasteiger partial charge in [-0.1, -0.05) is 58.1 Å². The standard InChI is InChI=1S/C20H18BrNO3S2/c1-24-16-8-5-14(11-17(16)25-2)9-10-22-19(23)18(27-20(22)26)12-13-3-6-15(21)7-4-13/h3-8,11-12H,9-10H2,1-2H3/b18-12-. The molecule has 1 fully saturated rings. The van der Waals surface area contributed by atoms with Gasteiger partial charge in [-0.2, -0.15) is 0 Å². The van der Waals surface area contributed by atoms with Crippen molar-refractivity contribution in [3.63, 3.8) is 0 Å². The number of nitrogens with zero attached hydrogens (tertiary/aromatic N) is 1. The Morgan fingerprint density at radius 1 is 1.11 bits per heavy atom. The van der Waals surface area contributed by atoms with Gasteiger partial charge < -0.3 is 9.47 Å². The molecule has 0 saturated carbocycles. The third kappa shape index (κ3) is 4.72. The normalized spacial score (nSPS) is 15.5. The zero-order valence-electron chi connectivity index (χ0n) is 14.9. The van der Waals surface area contributed by atoms with Gasteiger partial charge in [0.2, 0.25) is 0 Å². The number of thiocarbonyl (C=S) groups is 1. The van der Waals surface area contributed by atoms with Crippen molar-refractivity contribution in [1.29, 1.82) is 0 Å². The number of halogens is 1. The molecule has 0 unspecified atom stereocenters. The maximum absolute atomic E-state index is 12.7. The number of carbonyl (C=O) groups is 1. The zero-order chi connectivity index (χ0) is 19.4. The number of hydrogen-bond donors (Lipinski definition) is 0. The Labute approximate surface area is 176 Å². The third-order valence-electron chi connectivity index (χ3n) is 4.11. The number of ether oxygens (including phenoxy) is 2. The first-order valence-electron chi connectivity index (χ1n) is 8.23. The van der Waals surface area contributed by atoms with Crippen LogP contribution in [-0.2, 0) is 11.2 Å². The second-order valence-corrected chi connectivity index (χ2v) is 8.42. The Morgan fingerprint density at radius 2 is 1.81 bits per heavy atom. The summed E-state index contributed by atoms with van der Waals surface area (Å²) in [7, 11) is 3.21. The molecular weight excluding hydrogens is 446 g/mol. The molecule has 0 aliphatic carbocycles. The van der Waals surface area contributed by atoms with Crippen LogP contribution in [0, 0.1) is 0 Å². The van der Waals surface area contributed by atoms with Crippen LogP contribution in [0.5, 0.6) is 11.5 Å². The summed E-state index contributed by atoms with van der Waals surface area (Å²) in [5.41, 5.74) is 2.03. The molecule has 3 rings (SSSR count). The fourth-order valence-corrected chi connectivity index (χ4v) is 4.25. The number of methoxy groups -OCH3 is 2. The maximum Gasteiger partial charge on any atom is 0.266 e. The predicted molar refractivity (Wildman–Crippen MR) is 117 cm³/mol. The number of rotatable bonds is 6. The van der Waals surface area contributed by atoms with Crippen LogP contribution in [0.3, 0.4) is 0 Å². The average Bonchev–Trinajstić information content (AvgIpc) is 2.94. The van der Waals surface area contributed by atoms with Gasteiger partial charge in [-0.05, 0) is 47.9 Å². The van der Waals surface area contributed by atoms with E-state index in [0.29, 0.717) is 33.7 Å². The third-order valence-corrected chi connectivity index (χ3v) is 6.02. The van der Waals surface area contributed by atoms with Crippen LogP contribution in [0.25, 0.3) is 6.08 Å². The Kier molecular flexibility index (Phi) is 6.57. The lowest BCUT2D eigenvalue weighted by atomic mass is 10.1. The number of benzene rings is 2. The second kappa shape index (κ2) is 8.91. The van der Waals surface area contributed by atoms with Crippen molar-refractivity contribution in [3.8, 4) is 11.5 Å². The van der Waals surface area contributed by atoms with Gasteiger partial charge in [-0.3, -0.25) is 9.69 Å². The summed E-state index contributed by atoms with van der Waals surface area (Å²) in [4.78, 5) is 15.0. The van der Waals surface area contributed by atoms with Crippen molar-refractivity contribution in [2.45, 2.75) is 6.42 Å². The second-order valence-electron chi connectivity index (χ2n) is 5.82. The molecule has 4 nitrogen and oxygen atoms in total. The molecule has 7 heteroatoms. The van der Waals surface area contributed by atoms with Gasteiger partial charge in [0.15, 0.2) is 11.5 Å². The number of amides is 1. The van der Waals surface area contributed by atoms with Crippen LogP contribution in [0.1, 0.15) is 11.1 Å². The first-order valence-corrected chi connectivity index (χ1v) is 10.3. The molecule has 1 amide bonds. The monoisotopic (exact) mass is 463 g/mol. The van der Waals surface area contributed by atoms with Gasteiger partial charge in [0, 0.05) is 11.0 Å². The minimum Gasteiger partial charge on any atom is -0.493 e. The van der Waals surface area contributed by atoms with Crippen LogP contribution in [0.2, 0.25) is 0 Å². The summed E-state index contributed by atoms with van der Waals surface area (Å²) in [5.74, 6) is 1.31. The van der Waals surface area contributed by atoms with Gasteiger partial charge in [-0.15, -0.1) is 0 Å². The molecule has 27 heavy (non-hydrogen) atoms. The first kappa shape index (κ1) is 19.9. The summed E-state index contributed by atoms with van der Waals surface area (Å²) in [6.45, 7) is 0.526. The quantitative estimate of drug-likeness (QED) is 0.449. The molecule has 0 radical (unpaired) electrons. The van der Waals surface area contributed by atoms with E-state index >= 15 is 0 Å². The summed E-state index contributed by atoms with van der Waals surface area (Å²) >= 11 is 10.2. The lowest BCUT2D eigenvalue weighted by molar-refractivity contribution is -0.122. The summed E-state index contributed by atoms with van der Waals surface area (Å²) in [5, 5.41) is 0. The maximum atomic E-state index is 12.7. The van der Waals surface area contributed by atoms with Crippen molar-refractivity contribution in [3.05, 3.63) is 63.0 Å². The van der Waals surface area contributed by atoms with Crippen LogP contribution < -0.4 is 9.47 Å². The van der Waals surface area contributed by atoms with Crippen LogP contribution >= 0.6 is 39.9 Å². The minimum absolute atomic E-state index is 0.0478. The van der Waals surface area contributed by atoms with E-state index in [1.807, 2.05) is 48.5 Å². The lowest BCUT2D eigenvalue weighted by Crippen LogP contribution is -2.30. The van der Waals surface area contributed by atoms with Crippen molar-refractivity contribution in [1.82, 2.24) is 4.90 Å². The molecule has 0 spiro atoms. The zero-order valence-corrected chi connectivity index (χ0v) is 18.1. The molecule has 1 aliphatic rings. The molecule has 0 aromatic heterocycles. The number of hydrogen-bond acceptors (Lipinski definition) is 5. The van der Waals surface area contributed by atoms with Crippen molar-refractivity contribution in [2.24, 2.45) is 0 Å². The molecular formula is C20H18BrNO3S2. The minimum atomic E-state index is -0.0478. The molecule has 2 aromatic rings. The van der Waals surface area contributed by atoms with Crippen molar-refractivity contribution in [2.75, 3.05) is 20.8 Å². The Hall–Kier alpha value is -1.83. The average molecular weight is 464 g/mol. The fourth-order valence-electron chi connectivity index (χ4n) is 2.68. The number of carbonyl (C=O) groups excluding carboxylic acids is 1. The highest BCUT2D eigenvalue weighted by atomic mass is 79.9. The SMILES string of the molecule is COc1ccc(CCN2C(=O)/C(=C/c3ccc(Br)cc3)SC2=S)cc1OC. The van der Waals surface area contributed by atoms with E-state index in [9.17, 15) is 4.79 Å². The van der Waals surface area contributed by atoms with Gasteiger partial charge in [-0.25, -0.2) is 0 Å². The predicted octanol–water partition coefficient (Wildman–Crippen LogP) is 4.91. The van der Waals surface area contributed by atoms with E-state index in [-0.39, 0.29) is 5.91 Å². The van der Waals surface area contributed by atoms with Crippen molar-refractivity contribution < 1.29 is 14.3 Å². The molecule has 0 atom stereocenters. The molecule has 0 N–H and O–H groups in total. The Balaban J connectivity index is 1.70. The molecule has 140 valence electrons. The molecule has 1 saturated heterocycles. The Bertz CT molecular complexity index is 897. The van der Waals surface area contributed by atoms with Crippen LogP contribution in [0.4, 0.5) is 0 Å². The first-order chi connectivity index (χ1) is 13.0. The Morgan fingerprint density at radius 3 is 2.48 bits per heavy atom. The van der Waals surface area contributed by atoms with Gasteiger partial charge in [0.1, 0.15) is 4.32 Å². The van der Waals surface area contributed by atoms with Crippen LogP contribution in [-0.4, -0.2) is 35.9 Å². The van der Waals surface area contributed by atoms with Gasteiger partial charge in [0.05, 0.1) is 19.1 Å². The highest BCUT2D eigenvalue weighted by molar-refractivity contribution is 9.10. The summed E-state index contributed by atoms with van der Waals surface area (Å²) in [6.07, 6.45) is 2.56. The lowest BCUT2D eigenvalue weighted by Gasteiger charge is -2.15. The number of thioether (sulfide) groups is 1. The molecule has 2 aromatic carbocycles. The van der Waals surface area contributed by atoms with Crippen molar-refractivity contribution >= 4 is 56.2 Å².